The molecule has 0 aromatic heterocycles. The molecule has 17 heavy (non-hydrogen) atoms. The van der Waals surface area contributed by atoms with Gasteiger partial charge in [0.2, 0.25) is 0 Å². The van der Waals surface area contributed by atoms with Crippen LogP contribution in [0.3, 0.4) is 0 Å². The Morgan fingerprint density at radius 2 is 2.24 bits per heavy atom. The third-order valence-corrected chi connectivity index (χ3v) is 3.00. The first kappa shape index (κ1) is 14.5. The van der Waals surface area contributed by atoms with Crippen LogP contribution in [-0.2, 0) is 9.47 Å². The molecule has 0 radical (unpaired) electrons. The van der Waals surface area contributed by atoms with E-state index >= 15 is 0 Å². The first-order valence-corrected chi connectivity index (χ1v) is 6.55. The Labute approximate surface area is 115 Å². The third-order valence-electron chi connectivity index (χ3n) is 2.03. The zero-order valence-corrected chi connectivity index (χ0v) is 12.3. The van der Waals surface area contributed by atoms with Gasteiger partial charge in [0.25, 0.3) is 0 Å². The van der Waals surface area contributed by atoms with Crippen LogP contribution in [-0.4, -0.2) is 25.3 Å². The first-order chi connectivity index (χ1) is 8.04. The summed E-state index contributed by atoms with van der Waals surface area (Å²) in [5, 5.41) is 0. The van der Waals surface area contributed by atoms with Crippen molar-refractivity contribution in [2.75, 3.05) is 13.2 Å². The van der Waals surface area contributed by atoms with Crippen LogP contribution in [0.15, 0.2) is 27.6 Å². The van der Waals surface area contributed by atoms with Crippen LogP contribution < -0.4 is 0 Å². The van der Waals surface area contributed by atoms with Crippen molar-refractivity contribution >= 4 is 34.5 Å². The van der Waals surface area contributed by atoms with E-state index in [9.17, 15) is 4.79 Å². The zero-order valence-electron chi connectivity index (χ0n) is 9.77. The molecule has 3 nitrogen and oxygen atoms in total. The van der Waals surface area contributed by atoms with Gasteiger partial charge in [0.15, 0.2) is 0 Å². The Balaban J connectivity index is 2.66. The number of halogens is 1. The van der Waals surface area contributed by atoms with Crippen molar-refractivity contribution in [1.29, 1.82) is 0 Å². The smallest absolute Gasteiger partial charge is 0.339 e. The number of rotatable bonds is 5. The van der Waals surface area contributed by atoms with E-state index in [1.54, 1.807) is 25.1 Å². The molecule has 0 amide bonds. The second-order valence-corrected chi connectivity index (χ2v) is 4.91. The maximum atomic E-state index is 11.8. The van der Waals surface area contributed by atoms with E-state index in [2.05, 4.69) is 28.6 Å². The number of benzene rings is 1. The standard InChI is InChI=1S/C12H15BrO3S/c1-3-15-7-8(2)16-12(14)10-6-9(17)4-5-11(10)13/h4-6,8,17H,3,7H2,1-2H3. The van der Waals surface area contributed by atoms with Gasteiger partial charge in [-0.05, 0) is 48.0 Å². The molecule has 1 rings (SSSR count). The zero-order chi connectivity index (χ0) is 12.8. The first-order valence-electron chi connectivity index (χ1n) is 5.31. The molecule has 0 saturated carbocycles. The molecule has 0 N–H and O–H groups in total. The number of carbonyl (C=O) groups is 1. The van der Waals surface area contributed by atoms with Crippen LogP contribution in [0.25, 0.3) is 0 Å². The summed E-state index contributed by atoms with van der Waals surface area (Å²) in [4.78, 5) is 12.6. The van der Waals surface area contributed by atoms with Gasteiger partial charge in [-0.15, -0.1) is 12.6 Å². The van der Waals surface area contributed by atoms with Gasteiger partial charge in [-0.1, -0.05) is 0 Å². The van der Waals surface area contributed by atoms with E-state index in [0.29, 0.717) is 23.2 Å². The average molecular weight is 319 g/mol. The summed E-state index contributed by atoms with van der Waals surface area (Å²) in [6.07, 6.45) is -0.266. The lowest BCUT2D eigenvalue weighted by atomic mass is 10.2. The highest BCUT2D eigenvalue weighted by Gasteiger charge is 2.15. The normalized spacial score (nSPS) is 12.2. The van der Waals surface area contributed by atoms with Crippen LogP contribution >= 0.6 is 28.6 Å². The molecule has 0 bridgehead atoms. The molecule has 0 saturated heterocycles. The maximum absolute atomic E-state index is 11.8. The van der Waals surface area contributed by atoms with Crippen LogP contribution in [0.1, 0.15) is 24.2 Å². The van der Waals surface area contributed by atoms with Crippen LogP contribution in [0.4, 0.5) is 0 Å². The summed E-state index contributed by atoms with van der Waals surface area (Å²) < 4.78 is 11.1. The number of ether oxygens (including phenoxy) is 2. The molecule has 0 spiro atoms. The van der Waals surface area contributed by atoms with E-state index < -0.39 is 0 Å². The topological polar surface area (TPSA) is 35.5 Å². The number of hydrogen-bond donors (Lipinski definition) is 1. The summed E-state index contributed by atoms with van der Waals surface area (Å²) in [5.41, 5.74) is 0.473. The Hall–Kier alpha value is -0.520. The Morgan fingerprint density at radius 1 is 1.53 bits per heavy atom. The summed E-state index contributed by atoms with van der Waals surface area (Å²) in [5.74, 6) is -0.375. The van der Waals surface area contributed by atoms with E-state index in [-0.39, 0.29) is 12.1 Å². The fraction of sp³-hybridized carbons (Fsp3) is 0.417. The number of thiol groups is 1. The molecule has 0 aliphatic heterocycles. The summed E-state index contributed by atoms with van der Waals surface area (Å²) in [6, 6.07) is 5.24. The second-order valence-electron chi connectivity index (χ2n) is 3.54. The predicted molar refractivity (Wildman–Crippen MR) is 72.8 cm³/mol. The minimum absolute atomic E-state index is 0.266. The molecular weight excluding hydrogens is 304 g/mol. The van der Waals surface area contributed by atoms with Crippen LogP contribution in [0.5, 0.6) is 0 Å². The van der Waals surface area contributed by atoms with Gasteiger partial charge in [0.1, 0.15) is 6.10 Å². The SMILES string of the molecule is CCOCC(C)OC(=O)c1cc(S)ccc1Br. The third kappa shape index (κ3) is 4.69. The van der Waals surface area contributed by atoms with E-state index in [1.165, 1.54) is 0 Å². The fourth-order valence-corrected chi connectivity index (χ4v) is 1.85. The van der Waals surface area contributed by atoms with Crippen molar-refractivity contribution in [3.8, 4) is 0 Å². The van der Waals surface area contributed by atoms with Gasteiger partial charge >= 0.3 is 5.97 Å². The number of hydrogen-bond acceptors (Lipinski definition) is 4. The van der Waals surface area contributed by atoms with Crippen LogP contribution in [0, 0.1) is 0 Å². The molecule has 5 heteroatoms. The van der Waals surface area contributed by atoms with Gasteiger partial charge in [-0.2, -0.15) is 0 Å². The van der Waals surface area contributed by atoms with Crippen molar-refractivity contribution in [1.82, 2.24) is 0 Å². The Bertz CT molecular complexity index is 395. The van der Waals surface area contributed by atoms with E-state index in [4.69, 9.17) is 9.47 Å². The molecule has 0 aliphatic carbocycles. The van der Waals surface area contributed by atoms with Gasteiger partial charge in [0.05, 0.1) is 12.2 Å². The molecule has 0 fully saturated rings. The lowest BCUT2D eigenvalue weighted by Gasteiger charge is -2.13. The van der Waals surface area contributed by atoms with Crippen LogP contribution in [0.2, 0.25) is 0 Å². The average Bonchev–Trinajstić information content (AvgIpc) is 2.29. The lowest BCUT2D eigenvalue weighted by molar-refractivity contribution is 0.00429. The molecule has 1 atom stereocenters. The van der Waals surface area contributed by atoms with Gasteiger partial charge in [-0.3, -0.25) is 0 Å². The summed E-state index contributed by atoms with van der Waals surface area (Å²) >= 11 is 7.50. The van der Waals surface area contributed by atoms with Crippen molar-refractivity contribution in [2.24, 2.45) is 0 Å². The van der Waals surface area contributed by atoms with Crippen molar-refractivity contribution < 1.29 is 14.3 Å². The van der Waals surface area contributed by atoms with Gasteiger partial charge in [0, 0.05) is 16.0 Å². The lowest BCUT2D eigenvalue weighted by Crippen LogP contribution is -2.20. The predicted octanol–water partition coefficient (Wildman–Crippen LogP) is 3.32. The highest BCUT2D eigenvalue weighted by molar-refractivity contribution is 9.10. The Kier molecular flexibility index (Phi) is 6.02. The molecule has 1 aromatic carbocycles. The van der Waals surface area contributed by atoms with Gasteiger partial charge < -0.3 is 9.47 Å². The number of esters is 1. The highest BCUT2D eigenvalue weighted by Crippen LogP contribution is 2.21. The quantitative estimate of drug-likeness (QED) is 0.668. The molecule has 1 aromatic rings. The minimum atomic E-state index is -0.375. The Morgan fingerprint density at radius 3 is 2.88 bits per heavy atom. The van der Waals surface area contributed by atoms with Gasteiger partial charge in [-0.25, -0.2) is 4.79 Å². The minimum Gasteiger partial charge on any atom is -0.457 e. The van der Waals surface area contributed by atoms with Crippen molar-refractivity contribution in [3.63, 3.8) is 0 Å². The van der Waals surface area contributed by atoms with E-state index in [1.807, 2.05) is 6.92 Å². The van der Waals surface area contributed by atoms with E-state index in [0.717, 1.165) is 4.90 Å². The molecule has 0 heterocycles. The fourth-order valence-electron chi connectivity index (χ4n) is 1.23. The second kappa shape index (κ2) is 7.03. The molecule has 1 unspecified atom stereocenters. The summed E-state index contributed by atoms with van der Waals surface area (Å²) in [6.45, 7) is 4.71. The number of carbonyl (C=O) groups excluding carboxylic acids is 1. The molecule has 0 aliphatic rings. The highest BCUT2D eigenvalue weighted by atomic mass is 79.9. The van der Waals surface area contributed by atoms with Crippen molar-refractivity contribution in [2.45, 2.75) is 24.8 Å². The monoisotopic (exact) mass is 318 g/mol. The summed E-state index contributed by atoms with van der Waals surface area (Å²) in [7, 11) is 0. The van der Waals surface area contributed by atoms with Crippen molar-refractivity contribution in [3.05, 3.63) is 28.2 Å². The molecule has 94 valence electrons. The molecular formula is C12H15BrO3S. The largest absolute Gasteiger partial charge is 0.457 e. The maximum Gasteiger partial charge on any atom is 0.339 e.